The van der Waals surface area contributed by atoms with Gasteiger partial charge in [-0.1, -0.05) is 32.6 Å². The first kappa shape index (κ1) is 24.4. The van der Waals surface area contributed by atoms with E-state index in [4.69, 9.17) is 4.74 Å². The fourth-order valence-electron chi connectivity index (χ4n) is 4.59. The first-order valence-electron chi connectivity index (χ1n) is 11.8. The van der Waals surface area contributed by atoms with Gasteiger partial charge in [0.1, 0.15) is 5.75 Å². The first-order valence-corrected chi connectivity index (χ1v) is 11.8. The molecule has 3 atom stereocenters. The smallest absolute Gasteiger partial charge is 0.309 e. The third-order valence-corrected chi connectivity index (χ3v) is 6.51. The van der Waals surface area contributed by atoms with Crippen LogP contribution in [0, 0.1) is 5.92 Å². The van der Waals surface area contributed by atoms with Gasteiger partial charge in [0.15, 0.2) is 0 Å². The number of hydrogen-bond acceptors (Lipinski definition) is 6. The molecule has 3 N–H and O–H groups in total. The average Bonchev–Trinajstić information content (AvgIpc) is 2.81. The maximum Gasteiger partial charge on any atom is 0.309 e. The van der Waals surface area contributed by atoms with Crippen molar-refractivity contribution in [3.8, 4) is 5.75 Å². The van der Waals surface area contributed by atoms with Crippen molar-refractivity contribution in [3.05, 3.63) is 36.0 Å². The van der Waals surface area contributed by atoms with E-state index in [1.807, 2.05) is 24.3 Å². The van der Waals surface area contributed by atoms with Crippen LogP contribution in [0.25, 0.3) is 10.9 Å². The topological polar surface area (TPSA) is 94.9 Å². The minimum Gasteiger partial charge on any atom is -0.497 e. The lowest BCUT2D eigenvalue weighted by molar-refractivity contribution is -0.144. The molecule has 1 fully saturated rings. The molecule has 0 aliphatic carbocycles. The van der Waals surface area contributed by atoms with Crippen molar-refractivity contribution in [2.24, 2.45) is 5.92 Å². The maximum atomic E-state index is 11.9. The molecule has 0 radical (unpaired) electrons. The van der Waals surface area contributed by atoms with Gasteiger partial charge < -0.3 is 25.2 Å². The molecule has 7 nitrogen and oxygen atoms in total. The fourth-order valence-corrected chi connectivity index (χ4v) is 4.59. The zero-order valence-corrected chi connectivity index (χ0v) is 19.3. The minimum atomic E-state index is -0.772. The molecule has 1 aromatic heterocycles. The number of rotatable bonds is 12. The van der Waals surface area contributed by atoms with Gasteiger partial charge in [-0.15, -0.1) is 0 Å². The Morgan fingerprint density at radius 3 is 2.84 bits per heavy atom. The molecule has 1 aliphatic heterocycles. The maximum absolute atomic E-state index is 11.9. The second kappa shape index (κ2) is 12.1. The molecule has 0 bridgehead atoms. The average molecular weight is 444 g/mol. The number of fused-ring (bicyclic) bond motifs is 1. The Labute approximate surface area is 190 Å². The number of aliphatic hydroxyl groups is 1. The highest BCUT2D eigenvalue weighted by molar-refractivity contribution is 5.83. The van der Waals surface area contributed by atoms with E-state index < -0.39 is 18.0 Å². The number of benzene rings is 1. The van der Waals surface area contributed by atoms with Crippen LogP contribution in [0.5, 0.6) is 5.75 Å². The predicted molar refractivity (Wildman–Crippen MR) is 126 cm³/mol. The molecule has 1 saturated heterocycles. The Kier molecular flexibility index (Phi) is 9.26. The van der Waals surface area contributed by atoms with E-state index in [9.17, 15) is 15.0 Å². The lowest BCUT2D eigenvalue weighted by atomic mass is 9.91. The van der Waals surface area contributed by atoms with E-state index in [1.165, 1.54) is 25.7 Å². The Balaban J connectivity index is 1.58. The van der Waals surface area contributed by atoms with Crippen LogP contribution in [-0.2, 0) is 4.79 Å². The van der Waals surface area contributed by atoms with E-state index >= 15 is 0 Å². The molecular formula is C25H37N3O4. The monoisotopic (exact) mass is 443 g/mol. The number of carboxylic acids is 1. The number of ether oxygens (including phenoxy) is 1. The summed E-state index contributed by atoms with van der Waals surface area (Å²) < 4.78 is 5.31. The molecule has 2 aromatic rings. The number of unbranched alkanes of at least 4 members (excludes halogenated alkanes) is 4. The molecule has 7 heteroatoms. The third-order valence-electron chi connectivity index (χ3n) is 6.51. The second-order valence-electron chi connectivity index (χ2n) is 8.76. The predicted octanol–water partition coefficient (Wildman–Crippen LogP) is 3.61. The molecule has 0 unspecified atom stereocenters. The lowest BCUT2D eigenvalue weighted by Gasteiger charge is -2.37. The number of likely N-dealkylation sites (tertiary alicyclic amines) is 1. The van der Waals surface area contributed by atoms with Crippen LogP contribution < -0.4 is 10.1 Å². The number of piperidine rings is 1. The molecule has 0 saturated carbocycles. The Morgan fingerprint density at radius 1 is 1.28 bits per heavy atom. The molecule has 0 spiro atoms. The number of pyridine rings is 1. The number of methoxy groups -OCH3 is 1. The fraction of sp³-hybridized carbons (Fsp3) is 0.600. The number of aliphatic hydroxyl groups excluding tert-OH is 1. The van der Waals surface area contributed by atoms with Crippen LogP contribution in [-0.4, -0.2) is 65.4 Å². The van der Waals surface area contributed by atoms with Crippen LogP contribution in [0.3, 0.4) is 0 Å². The zero-order valence-electron chi connectivity index (χ0n) is 19.3. The molecule has 1 aliphatic rings. The second-order valence-corrected chi connectivity index (χ2v) is 8.76. The number of aromatic nitrogens is 1. The van der Waals surface area contributed by atoms with Gasteiger partial charge in [-0.25, -0.2) is 0 Å². The summed E-state index contributed by atoms with van der Waals surface area (Å²) in [6.07, 6.45) is 7.78. The number of aliphatic carboxylic acids is 1. The van der Waals surface area contributed by atoms with E-state index in [-0.39, 0.29) is 6.04 Å². The van der Waals surface area contributed by atoms with E-state index in [0.29, 0.717) is 18.8 Å². The van der Waals surface area contributed by atoms with E-state index in [2.05, 4.69) is 22.1 Å². The van der Waals surface area contributed by atoms with Gasteiger partial charge in [-0.05, 0) is 55.8 Å². The zero-order chi connectivity index (χ0) is 22.9. The van der Waals surface area contributed by atoms with E-state index in [0.717, 1.165) is 42.4 Å². The van der Waals surface area contributed by atoms with Crippen LogP contribution in [0.2, 0.25) is 0 Å². The summed E-state index contributed by atoms with van der Waals surface area (Å²) in [4.78, 5) is 18.6. The molecular weight excluding hydrogens is 406 g/mol. The summed E-state index contributed by atoms with van der Waals surface area (Å²) in [6.45, 7) is 4.92. The van der Waals surface area contributed by atoms with Crippen LogP contribution in [0.1, 0.15) is 57.1 Å². The number of hydrogen-bond donors (Lipinski definition) is 3. The highest BCUT2D eigenvalue weighted by Gasteiger charge is 2.34. The van der Waals surface area contributed by atoms with Crippen LogP contribution in [0.15, 0.2) is 30.5 Å². The molecule has 1 aromatic carbocycles. The van der Waals surface area contributed by atoms with Gasteiger partial charge in [-0.2, -0.15) is 0 Å². The molecule has 32 heavy (non-hydrogen) atoms. The summed E-state index contributed by atoms with van der Waals surface area (Å²) in [6, 6.07) is 7.25. The number of carbonyl (C=O) groups is 1. The Morgan fingerprint density at radius 2 is 2.09 bits per heavy atom. The quantitative estimate of drug-likeness (QED) is 0.431. The highest BCUT2D eigenvalue weighted by Crippen LogP contribution is 2.27. The molecule has 2 heterocycles. The summed E-state index contributed by atoms with van der Waals surface area (Å²) in [5, 5.41) is 24.9. The van der Waals surface area contributed by atoms with Crippen molar-refractivity contribution in [2.45, 2.75) is 57.6 Å². The van der Waals surface area contributed by atoms with Gasteiger partial charge in [0, 0.05) is 30.7 Å². The Bertz CT molecular complexity index is 875. The first-order chi connectivity index (χ1) is 15.5. The van der Waals surface area contributed by atoms with Gasteiger partial charge >= 0.3 is 5.97 Å². The lowest BCUT2D eigenvalue weighted by Crippen LogP contribution is -2.53. The van der Waals surface area contributed by atoms with Crippen molar-refractivity contribution >= 4 is 16.9 Å². The van der Waals surface area contributed by atoms with Crippen LogP contribution >= 0.6 is 0 Å². The van der Waals surface area contributed by atoms with Crippen molar-refractivity contribution in [2.75, 3.05) is 33.3 Å². The molecule has 0 amide bonds. The highest BCUT2D eigenvalue weighted by atomic mass is 16.5. The van der Waals surface area contributed by atoms with Crippen molar-refractivity contribution in [1.82, 2.24) is 15.2 Å². The van der Waals surface area contributed by atoms with Gasteiger partial charge in [-0.3, -0.25) is 9.78 Å². The van der Waals surface area contributed by atoms with Gasteiger partial charge in [0.25, 0.3) is 0 Å². The molecule has 176 valence electrons. The standard InChI is InChI=1S/C25H37N3O4/c1-3-4-5-6-7-13-28-14-11-23(21(17-28)25(30)31)27-16-24(29)19-10-12-26-22-9-8-18(32-2)15-20(19)22/h8-10,12,15,21,23-24,27,29H,3-7,11,13-14,16-17H2,1-2H3,(H,30,31)/t21-,23-,24-/m0/s1. The number of nitrogens with zero attached hydrogens (tertiary/aromatic N) is 2. The number of nitrogens with one attached hydrogen (secondary N) is 1. The van der Waals surface area contributed by atoms with Gasteiger partial charge in [0.2, 0.25) is 0 Å². The van der Waals surface area contributed by atoms with E-state index in [1.54, 1.807) is 13.3 Å². The Hall–Kier alpha value is -2.22. The summed E-state index contributed by atoms with van der Waals surface area (Å²) in [5.41, 5.74) is 1.55. The van der Waals surface area contributed by atoms with Crippen LogP contribution in [0.4, 0.5) is 0 Å². The SMILES string of the molecule is CCCCCCCN1CC[C@H](NC[C@H](O)c2ccnc3ccc(OC)cc23)[C@@H](C(=O)O)C1. The van der Waals surface area contributed by atoms with Crippen molar-refractivity contribution in [3.63, 3.8) is 0 Å². The largest absolute Gasteiger partial charge is 0.497 e. The summed E-state index contributed by atoms with van der Waals surface area (Å²) >= 11 is 0. The summed E-state index contributed by atoms with van der Waals surface area (Å²) in [5.74, 6) is -0.535. The summed E-state index contributed by atoms with van der Waals surface area (Å²) in [7, 11) is 1.61. The third kappa shape index (κ3) is 6.40. The molecule has 3 rings (SSSR count). The van der Waals surface area contributed by atoms with Gasteiger partial charge in [0.05, 0.1) is 24.6 Å². The van der Waals surface area contributed by atoms with Crippen molar-refractivity contribution in [1.29, 1.82) is 0 Å². The van der Waals surface area contributed by atoms with Crippen molar-refractivity contribution < 1.29 is 19.7 Å². The normalized spacial score (nSPS) is 20.3. The number of carboxylic acid groups (broad SMARTS) is 1. The minimum absolute atomic E-state index is 0.152.